The Kier molecular flexibility index (Phi) is 15.6. The van der Waals surface area contributed by atoms with Crippen molar-refractivity contribution < 1.29 is 19.8 Å². The van der Waals surface area contributed by atoms with Crippen LogP contribution in [0.25, 0.3) is 0 Å². The average molecular weight is 447 g/mol. The highest BCUT2D eigenvalue weighted by atomic mass is 16.4. The molecule has 0 heterocycles. The standard InChI is InChI=1S/C28H46O4/c1-3-5-7-9-11-13-25(27(29)30)21-19-23-15-17-24(18-16-23)20-22-26(28(31)32)14-12-10-8-6-4-2/h15-18,25-26H,3-14,19-22H2,1-2H3,(H,29,30)(H,31,32). The maximum absolute atomic E-state index is 11.6. The van der Waals surface area contributed by atoms with Gasteiger partial charge in [0, 0.05) is 0 Å². The lowest BCUT2D eigenvalue weighted by Crippen LogP contribution is -2.15. The van der Waals surface area contributed by atoms with Crippen molar-refractivity contribution >= 4 is 11.9 Å². The van der Waals surface area contributed by atoms with Gasteiger partial charge in [-0.25, -0.2) is 0 Å². The fraction of sp³-hybridized carbons (Fsp3) is 0.714. The number of rotatable bonds is 20. The van der Waals surface area contributed by atoms with E-state index in [2.05, 4.69) is 38.1 Å². The van der Waals surface area contributed by atoms with E-state index in [4.69, 9.17) is 0 Å². The molecule has 0 saturated heterocycles. The third kappa shape index (κ3) is 12.9. The van der Waals surface area contributed by atoms with Crippen molar-refractivity contribution in [2.24, 2.45) is 11.8 Å². The lowest BCUT2D eigenvalue weighted by molar-refractivity contribution is -0.143. The van der Waals surface area contributed by atoms with Crippen LogP contribution in [0.3, 0.4) is 0 Å². The molecule has 0 bridgehead atoms. The van der Waals surface area contributed by atoms with Crippen LogP contribution in [-0.4, -0.2) is 22.2 Å². The molecule has 2 atom stereocenters. The summed E-state index contributed by atoms with van der Waals surface area (Å²) in [6, 6.07) is 8.32. The molecule has 0 aromatic heterocycles. The topological polar surface area (TPSA) is 74.6 Å². The zero-order valence-electron chi connectivity index (χ0n) is 20.5. The molecule has 0 fully saturated rings. The van der Waals surface area contributed by atoms with Crippen LogP contribution in [0.15, 0.2) is 24.3 Å². The fourth-order valence-corrected chi connectivity index (χ4v) is 4.33. The van der Waals surface area contributed by atoms with Crippen LogP contribution < -0.4 is 0 Å². The van der Waals surface area contributed by atoms with Crippen molar-refractivity contribution in [3.8, 4) is 0 Å². The number of carboxylic acids is 2. The Balaban J connectivity index is 2.40. The van der Waals surface area contributed by atoms with Crippen molar-refractivity contribution in [3.63, 3.8) is 0 Å². The normalized spacial score (nSPS) is 13.1. The molecule has 2 unspecified atom stereocenters. The summed E-state index contributed by atoms with van der Waals surface area (Å²) in [6.07, 6.45) is 16.0. The summed E-state index contributed by atoms with van der Waals surface area (Å²) in [5.41, 5.74) is 2.33. The molecule has 4 nitrogen and oxygen atoms in total. The first-order valence-corrected chi connectivity index (χ1v) is 13.0. The van der Waals surface area contributed by atoms with Crippen molar-refractivity contribution in [1.29, 1.82) is 0 Å². The van der Waals surface area contributed by atoms with Gasteiger partial charge in [0.1, 0.15) is 0 Å². The van der Waals surface area contributed by atoms with Crippen LogP contribution in [0.1, 0.15) is 115 Å². The number of carboxylic acid groups (broad SMARTS) is 2. The monoisotopic (exact) mass is 446 g/mol. The van der Waals surface area contributed by atoms with Crippen LogP contribution >= 0.6 is 0 Å². The highest BCUT2D eigenvalue weighted by molar-refractivity contribution is 5.70. The fourth-order valence-electron chi connectivity index (χ4n) is 4.33. The molecule has 32 heavy (non-hydrogen) atoms. The number of carbonyl (C=O) groups is 2. The zero-order valence-corrected chi connectivity index (χ0v) is 20.5. The smallest absolute Gasteiger partial charge is 0.306 e. The van der Waals surface area contributed by atoms with Gasteiger partial charge in [-0.3, -0.25) is 9.59 Å². The van der Waals surface area contributed by atoms with Crippen LogP contribution in [0, 0.1) is 11.8 Å². The SMILES string of the molecule is CCCCCCCC(CCc1ccc(CCC(CCCCCCC)C(=O)O)cc1)C(=O)O. The van der Waals surface area contributed by atoms with Crippen molar-refractivity contribution in [2.75, 3.05) is 0 Å². The number of benzene rings is 1. The molecule has 1 rings (SSSR count). The Hall–Kier alpha value is -1.84. The first kappa shape index (κ1) is 28.2. The Labute approximate surface area is 195 Å². The lowest BCUT2D eigenvalue weighted by Gasteiger charge is -2.13. The summed E-state index contributed by atoms with van der Waals surface area (Å²) in [7, 11) is 0. The molecule has 1 aromatic carbocycles. The molecule has 0 amide bonds. The maximum atomic E-state index is 11.6. The molecule has 0 aliphatic carbocycles. The van der Waals surface area contributed by atoms with Gasteiger partial charge in [-0.15, -0.1) is 0 Å². The molecule has 0 aliphatic rings. The molecular formula is C28H46O4. The van der Waals surface area contributed by atoms with Crippen LogP contribution in [0.4, 0.5) is 0 Å². The van der Waals surface area contributed by atoms with Gasteiger partial charge < -0.3 is 10.2 Å². The Bertz CT molecular complexity index is 568. The predicted molar refractivity (Wildman–Crippen MR) is 132 cm³/mol. The van der Waals surface area contributed by atoms with Crippen LogP contribution in [0.2, 0.25) is 0 Å². The summed E-state index contributed by atoms with van der Waals surface area (Å²) in [6.45, 7) is 4.37. The molecular weight excluding hydrogens is 400 g/mol. The first-order chi connectivity index (χ1) is 15.5. The van der Waals surface area contributed by atoms with E-state index >= 15 is 0 Å². The Morgan fingerprint density at radius 1 is 0.594 bits per heavy atom. The largest absolute Gasteiger partial charge is 0.481 e. The van der Waals surface area contributed by atoms with Crippen molar-refractivity contribution in [1.82, 2.24) is 0 Å². The van der Waals surface area contributed by atoms with E-state index in [9.17, 15) is 19.8 Å². The minimum absolute atomic E-state index is 0.259. The number of hydrogen-bond donors (Lipinski definition) is 2. The molecule has 0 radical (unpaired) electrons. The first-order valence-electron chi connectivity index (χ1n) is 13.0. The lowest BCUT2D eigenvalue weighted by atomic mass is 9.92. The second kappa shape index (κ2) is 17.7. The average Bonchev–Trinajstić information content (AvgIpc) is 2.77. The molecule has 4 heteroatoms. The molecule has 182 valence electrons. The molecule has 1 aromatic rings. The van der Waals surface area contributed by atoms with E-state index in [0.717, 1.165) is 62.5 Å². The number of aryl methyl sites for hydroxylation is 2. The predicted octanol–water partition coefficient (Wildman–Crippen LogP) is 7.67. The van der Waals surface area contributed by atoms with E-state index in [1.807, 2.05) is 0 Å². The minimum Gasteiger partial charge on any atom is -0.481 e. The third-order valence-electron chi connectivity index (χ3n) is 6.60. The summed E-state index contributed by atoms with van der Waals surface area (Å²) < 4.78 is 0. The van der Waals surface area contributed by atoms with Crippen LogP contribution in [-0.2, 0) is 22.4 Å². The van der Waals surface area contributed by atoms with E-state index in [-0.39, 0.29) is 11.8 Å². The van der Waals surface area contributed by atoms with Crippen molar-refractivity contribution in [2.45, 2.75) is 117 Å². The summed E-state index contributed by atoms with van der Waals surface area (Å²) in [4.78, 5) is 23.2. The van der Waals surface area contributed by atoms with Gasteiger partial charge in [0.2, 0.25) is 0 Å². The zero-order chi connectivity index (χ0) is 23.6. The summed E-state index contributed by atoms with van der Waals surface area (Å²) in [5.74, 6) is -1.87. The second-order valence-corrected chi connectivity index (χ2v) is 9.37. The highest BCUT2D eigenvalue weighted by Crippen LogP contribution is 2.21. The number of aliphatic carboxylic acids is 2. The summed E-state index contributed by atoms with van der Waals surface area (Å²) >= 11 is 0. The summed E-state index contributed by atoms with van der Waals surface area (Å²) in [5, 5.41) is 19.0. The molecule has 2 N–H and O–H groups in total. The number of hydrogen-bond acceptors (Lipinski definition) is 2. The Morgan fingerprint density at radius 3 is 1.25 bits per heavy atom. The van der Waals surface area contributed by atoms with Gasteiger partial charge in [-0.1, -0.05) is 102 Å². The number of unbranched alkanes of at least 4 members (excludes halogenated alkanes) is 8. The third-order valence-corrected chi connectivity index (χ3v) is 6.60. The molecule has 0 aliphatic heterocycles. The quantitative estimate of drug-likeness (QED) is 0.201. The van der Waals surface area contributed by atoms with Gasteiger partial charge in [0.05, 0.1) is 11.8 Å². The van der Waals surface area contributed by atoms with E-state index in [1.165, 1.54) is 38.5 Å². The van der Waals surface area contributed by atoms with E-state index in [0.29, 0.717) is 12.8 Å². The van der Waals surface area contributed by atoms with Gasteiger partial charge in [0.15, 0.2) is 0 Å². The van der Waals surface area contributed by atoms with E-state index in [1.54, 1.807) is 0 Å². The Morgan fingerprint density at radius 2 is 0.938 bits per heavy atom. The highest BCUT2D eigenvalue weighted by Gasteiger charge is 2.18. The molecule has 0 saturated carbocycles. The van der Waals surface area contributed by atoms with Gasteiger partial charge >= 0.3 is 11.9 Å². The second-order valence-electron chi connectivity index (χ2n) is 9.37. The van der Waals surface area contributed by atoms with Crippen LogP contribution in [0.5, 0.6) is 0 Å². The van der Waals surface area contributed by atoms with Gasteiger partial charge in [0.25, 0.3) is 0 Å². The minimum atomic E-state index is -0.675. The maximum Gasteiger partial charge on any atom is 0.306 e. The van der Waals surface area contributed by atoms with Gasteiger partial charge in [-0.2, -0.15) is 0 Å². The molecule has 0 spiro atoms. The van der Waals surface area contributed by atoms with Gasteiger partial charge in [-0.05, 0) is 49.7 Å². The van der Waals surface area contributed by atoms with Crippen molar-refractivity contribution in [3.05, 3.63) is 35.4 Å². The van der Waals surface area contributed by atoms with E-state index < -0.39 is 11.9 Å².